The summed E-state index contributed by atoms with van der Waals surface area (Å²) >= 11 is 0. The van der Waals surface area contributed by atoms with Crippen molar-refractivity contribution in [3.8, 4) is 17.0 Å². The van der Waals surface area contributed by atoms with Crippen LogP contribution in [-0.2, 0) is 0 Å². The molecule has 0 amide bonds. The Morgan fingerprint density at radius 3 is 2.71 bits per heavy atom. The van der Waals surface area contributed by atoms with Crippen molar-refractivity contribution >= 4 is 5.88 Å². The Bertz CT molecular complexity index is 468. The maximum Gasteiger partial charge on any atom is 0.222 e. The molecule has 14 heavy (non-hydrogen) atoms. The summed E-state index contributed by atoms with van der Waals surface area (Å²) in [6.07, 6.45) is 0. The van der Waals surface area contributed by atoms with Gasteiger partial charge in [0.15, 0.2) is 11.6 Å². The van der Waals surface area contributed by atoms with E-state index in [1.165, 1.54) is 18.2 Å². The van der Waals surface area contributed by atoms with Gasteiger partial charge in [-0.3, -0.25) is 0 Å². The first-order valence-electron chi connectivity index (χ1n) is 3.88. The molecule has 0 saturated carbocycles. The van der Waals surface area contributed by atoms with Gasteiger partial charge in [-0.2, -0.15) is 0 Å². The fourth-order valence-corrected chi connectivity index (χ4v) is 1.10. The van der Waals surface area contributed by atoms with Crippen LogP contribution in [0.15, 0.2) is 28.8 Å². The number of nitrogen functional groups attached to an aromatic ring is 1. The number of rotatable bonds is 1. The molecular weight excluding hydrogens is 187 g/mol. The summed E-state index contributed by atoms with van der Waals surface area (Å²) in [5.41, 5.74) is 6.32. The molecule has 1 aromatic carbocycles. The molecule has 2 aromatic rings. The predicted molar refractivity (Wildman–Crippen MR) is 48.0 cm³/mol. The number of aromatic hydroxyl groups is 1. The Kier molecular flexibility index (Phi) is 1.85. The van der Waals surface area contributed by atoms with Gasteiger partial charge >= 0.3 is 0 Å². The Morgan fingerprint density at radius 2 is 2.14 bits per heavy atom. The van der Waals surface area contributed by atoms with E-state index in [0.717, 1.165) is 6.07 Å². The molecule has 0 aliphatic carbocycles. The van der Waals surface area contributed by atoms with E-state index in [2.05, 4.69) is 9.68 Å². The summed E-state index contributed by atoms with van der Waals surface area (Å²) in [6, 6.07) is 5.38. The Morgan fingerprint density at radius 1 is 1.36 bits per heavy atom. The Balaban J connectivity index is 2.47. The quantitative estimate of drug-likeness (QED) is 0.725. The number of aromatic nitrogens is 1. The molecule has 0 atom stereocenters. The summed E-state index contributed by atoms with van der Waals surface area (Å²) in [4.78, 5) is 0. The molecule has 5 heteroatoms. The molecule has 1 heterocycles. The number of anilines is 1. The fraction of sp³-hybridized carbons (Fsp3) is 0. The second-order valence-electron chi connectivity index (χ2n) is 2.78. The molecule has 0 fully saturated rings. The van der Waals surface area contributed by atoms with Crippen molar-refractivity contribution < 1.29 is 14.0 Å². The lowest BCUT2D eigenvalue weighted by Crippen LogP contribution is -1.80. The van der Waals surface area contributed by atoms with Crippen molar-refractivity contribution in [1.82, 2.24) is 5.16 Å². The zero-order valence-corrected chi connectivity index (χ0v) is 7.07. The van der Waals surface area contributed by atoms with Crippen molar-refractivity contribution in [2.75, 3.05) is 5.73 Å². The van der Waals surface area contributed by atoms with Gasteiger partial charge in [-0.15, -0.1) is 0 Å². The molecule has 0 spiro atoms. The highest BCUT2D eigenvalue weighted by molar-refractivity contribution is 5.62. The number of nitrogens with two attached hydrogens (primary N) is 1. The normalized spacial score (nSPS) is 10.4. The van der Waals surface area contributed by atoms with Gasteiger partial charge < -0.3 is 15.4 Å². The number of nitrogens with zero attached hydrogens (tertiary/aromatic N) is 1. The summed E-state index contributed by atoms with van der Waals surface area (Å²) in [5, 5.41) is 12.7. The lowest BCUT2D eigenvalue weighted by molar-refractivity contribution is 0.431. The van der Waals surface area contributed by atoms with Crippen LogP contribution in [0.3, 0.4) is 0 Å². The molecule has 4 nitrogen and oxygen atoms in total. The minimum atomic E-state index is -0.676. The van der Waals surface area contributed by atoms with E-state index < -0.39 is 11.6 Å². The van der Waals surface area contributed by atoms with Crippen molar-refractivity contribution in [3.05, 3.63) is 30.1 Å². The summed E-state index contributed by atoms with van der Waals surface area (Å²) < 4.78 is 17.3. The summed E-state index contributed by atoms with van der Waals surface area (Å²) in [7, 11) is 0. The summed E-state index contributed by atoms with van der Waals surface area (Å²) in [6.45, 7) is 0. The van der Waals surface area contributed by atoms with Gasteiger partial charge in [-0.1, -0.05) is 5.16 Å². The molecule has 0 radical (unpaired) electrons. The van der Waals surface area contributed by atoms with Crippen LogP contribution in [0.1, 0.15) is 0 Å². The molecule has 0 aliphatic heterocycles. The Labute approximate surface area is 78.8 Å². The first-order valence-corrected chi connectivity index (χ1v) is 3.88. The van der Waals surface area contributed by atoms with E-state index in [1.54, 1.807) is 0 Å². The van der Waals surface area contributed by atoms with Crippen LogP contribution in [0.25, 0.3) is 11.3 Å². The van der Waals surface area contributed by atoms with Crippen LogP contribution in [0.5, 0.6) is 5.75 Å². The topological polar surface area (TPSA) is 72.3 Å². The lowest BCUT2D eigenvalue weighted by atomic mass is 10.1. The maximum atomic E-state index is 12.7. The third-order valence-corrected chi connectivity index (χ3v) is 1.77. The highest BCUT2D eigenvalue weighted by Crippen LogP contribution is 2.25. The van der Waals surface area contributed by atoms with Crippen LogP contribution in [0, 0.1) is 5.82 Å². The van der Waals surface area contributed by atoms with E-state index >= 15 is 0 Å². The highest BCUT2D eigenvalue weighted by Gasteiger charge is 2.07. The largest absolute Gasteiger partial charge is 0.505 e. The van der Waals surface area contributed by atoms with Gasteiger partial charge in [0.2, 0.25) is 5.88 Å². The standard InChI is InChI=1S/C9H7FN2O2/c10-6-2-1-5(3-8(6)13)7-4-9(11)14-12-7/h1-4,13H,11H2. The van der Waals surface area contributed by atoms with Gasteiger partial charge in [-0.05, 0) is 18.2 Å². The molecule has 3 N–H and O–H groups in total. The zero-order valence-electron chi connectivity index (χ0n) is 7.07. The van der Waals surface area contributed by atoms with Gasteiger partial charge in [0.1, 0.15) is 5.69 Å². The molecular formula is C9H7FN2O2. The van der Waals surface area contributed by atoms with Crippen molar-refractivity contribution in [2.24, 2.45) is 0 Å². The van der Waals surface area contributed by atoms with Crippen molar-refractivity contribution in [1.29, 1.82) is 0 Å². The number of hydrogen-bond acceptors (Lipinski definition) is 4. The molecule has 72 valence electrons. The molecule has 0 bridgehead atoms. The van der Waals surface area contributed by atoms with Crippen LogP contribution in [0.2, 0.25) is 0 Å². The number of phenols is 1. The molecule has 0 saturated heterocycles. The van der Waals surface area contributed by atoms with E-state index in [1.807, 2.05) is 0 Å². The minimum absolute atomic E-state index is 0.170. The first kappa shape index (κ1) is 8.55. The van der Waals surface area contributed by atoms with Gasteiger partial charge in [0.05, 0.1) is 0 Å². The Hall–Kier alpha value is -2.04. The van der Waals surface area contributed by atoms with Gasteiger partial charge in [0.25, 0.3) is 0 Å². The molecule has 0 unspecified atom stereocenters. The van der Waals surface area contributed by atoms with E-state index in [4.69, 9.17) is 10.8 Å². The zero-order chi connectivity index (χ0) is 10.1. The fourth-order valence-electron chi connectivity index (χ4n) is 1.10. The SMILES string of the molecule is Nc1cc(-c2ccc(F)c(O)c2)no1. The second-order valence-corrected chi connectivity index (χ2v) is 2.78. The van der Waals surface area contributed by atoms with Gasteiger partial charge in [-0.25, -0.2) is 4.39 Å². The van der Waals surface area contributed by atoms with Crippen LogP contribution in [-0.4, -0.2) is 10.3 Å². The average molecular weight is 194 g/mol. The maximum absolute atomic E-state index is 12.7. The van der Waals surface area contributed by atoms with E-state index in [-0.39, 0.29) is 5.88 Å². The number of hydrogen-bond donors (Lipinski definition) is 2. The molecule has 1 aromatic heterocycles. The minimum Gasteiger partial charge on any atom is -0.505 e. The van der Waals surface area contributed by atoms with E-state index in [9.17, 15) is 4.39 Å². The third-order valence-electron chi connectivity index (χ3n) is 1.77. The van der Waals surface area contributed by atoms with Crippen LogP contribution >= 0.6 is 0 Å². The van der Waals surface area contributed by atoms with Crippen LogP contribution < -0.4 is 5.73 Å². The number of halogens is 1. The second kappa shape index (κ2) is 3.02. The highest BCUT2D eigenvalue weighted by atomic mass is 19.1. The van der Waals surface area contributed by atoms with Crippen LogP contribution in [0.4, 0.5) is 10.3 Å². The monoisotopic (exact) mass is 194 g/mol. The van der Waals surface area contributed by atoms with E-state index in [0.29, 0.717) is 11.3 Å². The average Bonchev–Trinajstić information content (AvgIpc) is 2.57. The number of phenolic OH excluding ortho intramolecular Hbond substituents is 1. The summed E-state index contributed by atoms with van der Waals surface area (Å²) in [5.74, 6) is -0.932. The number of benzene rings is 1. The van der Waals surface area contributed by atoms with Crippen molar-refractivity contribution in [2.45, 2.75) is 0 Å². The third kappa shape index (κ3) is 1.39. The van der Waals surface area contributed by atoms with Gasteiger partial charge in [0, 0.05) is 11.6 Å². The first-order chi connectivity index (χ1) is 6.66. The lowest BCUT2D eigenvalue weighted by Gasteiger charge is -1.97. The smallest absolute Gasteiger partial charge is 0.222 e. The molecule has 0 aliphatic rings. The predicted octanol–water partition coefficient (Wildman–Crippen LogP) is 1.77. The molecule has 2 rings (SSSR count). The van der Waals surface area contributed by atoms with Crippen molar-refractivity contribution in [3.63, 3.8) is 0 Å².